The summed E-state index contributed by atoms with van der Waals surface area (Å²) in [6.45, 7) is 1.05. The third-order valence-electron chi connectivity index (χ3n) is 2.93. The van der Waals surface area contributed by atoms with Crippen molar-refractivity contribution in [2.75, 3.05) is 20.2 Å². The first kappa shape index (κ1) is 9.45. The molecular formula is C9H14N2O3. The molecule has 2 N–H and O–H groups in total. The number of nitrogens with two attached hydrogens (primary N) is 1. The van der Waals surface area contributed by atoms with E-state index < -0.39 is 12.0 Å². The second-order valence-electron chi connectivity index (χ2n) is 3.98. The highest BCUT2D eigenvalue weighted by Crippen LogP contribution is 2.45. The molecule has 1 amide bonds. The number of carbonyl (C=O) groups excluding carboxylic acids is 2. The Balaban J connectivity index is 1.86. The van der Waals surface area contributed by atoms with Crippen LogP contribution in [0.4, 0.5) is 0 Å². The van der Waals surface area contributed by atoms with E-state index in [0.29, 0.717) is 12.5 Å². The summed E-state index contributed by atoms with van der Waals surface area (Å²) in [4.78, 5) is 24.2. The molecule has 0 bridgehead atoms. The molecule has 3 atom stereocenters. The van der Waals surface area contributed by atoms with Crippen LogP contribution >= 0.6 is 0 Å². The molecule has 2 rings (SSSR count). The van der Waals surface area contributed by atoms with Gasteiger partial charge in [0.15, 0.2) is 0 Å². The zero-order valence-electron chi connectivity index (χ0n) is 8.10. The molecule has 1 saturated heterocycles. The highest BCUT2D eigenvalue weighted by molar-refractivity contribution is 5.85. The summed E-state index contributed by atoms with van der Waals surface area (Å²) in [5.74, 6) is 0.430. The van der Waals surface area contributed by atoms with Crippen molar-refractivity contribution in [2.45, 2.75) is 12.5 Å². The summed E-state index contributed by atoms with van der Waals surface area (Å²) in [6, 6.07) is -0.707. The number of amides is 1. The quantitative estimate of drug-likeness (QED) is 0.588. The van der Waals surface area contributed by atoms with Crippen molar-refractivity contribution in [3.63, 3.8) is 0 Å². The lowest BCUT2D eigenvalue weighted by atomic mass is 10.3. The Labute approximate surface area is 82.2 Å². The molecule has 1 heterocycles. The van der Waals surface area contributed by atoms with Crippen LogP contribution in [0, 0.1) is 11.8 Å². The maximum absolute atomic E-state index is 11.5. The molecule has 0 radical (unpaired) electrons. The number of likely N-dealkylation sites (tertiary alicyclic amines) is 1. The highest BCUT2D eigenvalue weighted by Gasteiger charge is 2.52. The van der Waals surface area contributed by atoms with Gasteiger partial charge in [-0.25, -0.2) is 0 Å². The molecule has 1 saturated carbocycles. The van der Waals surface area contributed by atoms with Gasteiger partial charge in [-0.05, 0) is 12.3 Å². The largest absolute Gasteiger partial charge is 0.468 e. The van der Waals surface area contributed by atoms with Crippen LogP contribution in [0.1, 0.15) is 6.42 Å². The van der Waals surface area contributed by atoms with E-state index in [-0.39, 0.29) is 11.8 Å². The van der Waals surface area contributed by atoms with E-state index >= 15 is 0 Å². The van der Waals surface area contributed by atoms with E-state index in [1.807, 2.05) is 0 Å². The van der Waals surface area contributed by atoms with E-state index in [1.165, 1.54) is 7.11 Å². The van der Waals surface area contributed by atoms with Gasteiger partial charge in [-0.3, -0.25) is 9.59 Å². The van der Waals surface area contributed by atoms with Crippen LogP contribution in [0.2, 0.25) is 0 Å². The van der Waals surface area contributed by atoms with Gasteiger partial charge in [0, 0.05) is 19.0 Å². The Bertz CT molecular complexity index is 279. The summed E-state index contributed by atoms with van der Waals surface area (Å²) in [5, 5.41) is 0. The lowest BCUT2D eigenvalue weighted by Crippen LogP contribution is -2.44. The number of hydrogen-bond donors (Lipinski definition) is 1. The van der Waals surface area contributed by atoms with Gasteiger partial charge in [0.05, 0.1) is 7.11 Å². The summed E-state index contributed by atoms with van der Waals surface area (Å²) in [7, 11) is 1.30. The molecule has 0 aromatic heterocycles. The lowest BCUT2D eigenvalue weighted by Gasteiger charge is -2.20. The predicted molar refractivity (Wildman–Crippen MR) is 48.2 cm³/mol. The highest BCUT2D eigenvalue weighted by atomic mass is 16.5. The first-order chi connectivity index (χ1) is 6.63. The smallest absolute Gasteiger partial charge is 0.324 e. The number of esters is 1. The summed E-state index contributed by atoms with van der Waals surface area (Å²) in [6.07, 6.45) is 1.02. The second-order valence-corrected chi connectivity index (χ2v) is 3.98. The number of ether oxygens (including phenoxy) is 1. The molecule has 0 spiro atoms. The van der Waals surface area contributed by atoms with E-state index in [4.69, 9.17) is 5.73 Å². The van der Waals surface area contributed by atoms with Crippen LogP contribution in [-0.2, 0) is 14.3 Å². The number of piperidine rings is 1. The number of carbonyl (C=O) groups is 2. The number of fused-ring (bicyclic) bond motifs is 1. The average Bonchev–Trinajstić information content (AvgIpc) is 2.87. The van der Waals surface area contributed by atoms with E-state index in [2.05, 4.69) is 4.74 Å². The van der Waals surface area contributed by atoms with Crippen LogP contribution in [-0.4, -0.2) is 43.0 Å². The van der Waals surface area contributed by atoms with Crippen molar-refractivity contribution < 1.29 is 14.3 Å². The zero-order valence-corrected chi connectivity index (χ0v) is 8.10. The molecule has 78 valence electrons. The van der Waals surface area contributed by atoms with Crippen molar-refractivity contribution in [1.82, 2.24) is 4.90 Å². The summed E-state index contributed by atoms with van der Waals surface area (Å²) >= 11 is 0. The minimum Gasteiger partial charge on any atom is -0.468 e. The average molecular weight is 198 g/mol. The molecule has 1 aliphatic carbocycles. The normalized spacial score (nSPS) is 31.3. The fraction of sp³-hybridized carbons (Fsp3) is 0.778. The SMILES string of the molecule is COC(=O)C(N)CN1CC2CC2C1=O. The fourth-order valence-corrected chi connectivity index (χ4v) is 1.99. The van der Waals surface area contributed by atoms with Gasteiger partial charge in [0.25, 0.3) is 0 Å². The number of rotatable bonds is 3. The number of nitrogens with zero attached hydrogens (tertiary/aromatic N) is 1. The molecule has 2 aliphatic rings. The second kappa shape index (κ2) is 3.24. The van der Waals surface area contributed by atoms with E-state index in [1.54, 1.807) is 4.90 Å². The molecule has 2 fully saturated rings. The lowest BCUT2D eigenvalue weighted by molar-refractivity contribution is -0.143. The van der Waals surface area contributed by atoms with Gasteiger partial charge in [0.1, 0.15) is 6.04 Å². The van der Waals surface area contributed by atoms with Crippen molar-refractivity contribution in [2.24, 2.45) is 17.6 Å². The van der Waals surface area contributed by atoms with Gasteiger partial charge < -0.3 is 15.4 Å². The molecule has 3 unspecified atom stereocenters. The van der Waals surface area contributed by atoms with Crippen LogP contribution in [0.5, 0.6) is 0 Å². The van der Waals surface area contributed by atoms with Crippen LogP contribution < -0.4 is 5.73 Å². The maximum atomic E-state index is 11.5. The van der Waals surface area contributed by atoms with Gasteiger partial charge in [-0.2, -0.15) is 0 Å². The minimum atomic E-state index is -0.707. The molecular weight excluding hydrogens is 184 g/mol. The Morgan fingerprint density at radius 1 is 1.79 bits per heavy atom. The summed E-state index contributed by atoms with van der Waals surface area (Å²) < 4.78 is 4.49. The Morgan fingerprint density at radius 2 is 2.50 bits per heavy atom. The molecule has 1 aliphatic heterocycles. The van der Waals surface area contributed by atoms with Gasteiger partial charge in [-0.15, -0.1) is 0 Å². The molecule has 5 heteroatoms. The van der Waals surface area contributed by atoms with Crippen molar-refractivity contribution >= 4 is 11.9 Å². The van der Waals surface area contributed by atoms with E-state index in [0.717, 1.165) is 13.0 Å². The maximum Gasteiger partial charge on any atom is 0.324 e. The van der Waals surface area contributed by atoms with Gasteiger partial charge in [-0.1, -0.05) is 0 Å². The zero-order chi connectivity index (χ0) is 10.3. The van der Waals surface area contributed by atoms with Crippen molar-refractivity contribution in [3.05, 3.63) is 0 Å². The van der Waals surface area contributed by atoms with E-state index in [9.17, 15) is 9.59 Å². The Hall–Kier alpha value is -1.10. The molecule has 0 aromatic rings. The monoisotopic (exact) mass is 198 g/mol. The van der Waals surface area contributed by atoms with Crippen LogP contribution in [0.15, 0.2) is 0 Å². The number of methoxy groups -OCH3 is 1. The minimum absolute atomic E-state index is 0.148. The van der Waals surface area contributed by atoms with Crippen molar-refractivity contribution in [3.8, 4) is 0 Å². The molecule has 14 heavy (non-hydrogen) atoms. The van der Waals surface area contributed by atoms with Gasteiger partial charge >= 0.3 is 5.97 Å². The standard InChI is InChI=1S/C9H14N2O3/c1-14-9(13)7(10)4-11-3-5-2-6(5)8(11)12/h5-7H,2-4,10H2,1H3. The Kier molecular flexibility index (Phi) is 2.19. The van der Waals surface area contributed by atoms with Crippen LogP contribution in [0.25, 0.3) is 0 Å². The third-order valence-corrected chi connectivity index (χ3v) is 2.93. The third kappa shape index (κ3) is 1.48. The van der Waals surface area contributed by atoms with Gasteiger partial charge in [0.2, 0.25) is 5.91 Å². The first-order valence-corrected chi connectivity index (χ1v) is 4.75. The fourth-order valence-electron chi connectivity index (χ4n) is 1.99. The Morgan fingerprint density at radius 3 is 3.00 bits per heavy atom. The topological polar surface area (TPSA) is 72.6 Å². The summed E-state index contributed by atoms with van der Waals surface area (Å²) in [5.41, 5.74) is 5.56. The van der Waals surface area contributed by atoms with Crippen LogP contribution in [0.3, 0.4) is 0 Å². The molecule has 0 aromatic carbocycles. The van der Waals surface area contributed by atoms with Crippen molar-refractivity contribution in [1.29, 1.82) is 0 Å². The first-order valence-electron chi connectivity index (χ1n) is 4.75. The molecule has 5 nitrogen and oxygen atoms in total. The number of hydrogen-bond acceptors (Lipinski definition) is 4. The predicted octanol–water partition coefficient (Wildman–Crippen LogP) is -1.03.